The van der Waals surface area contributed by atoms with Crippen molar-refractivity contribution < 1.29 is 14.3 Å². The Labute approximate surface area is 191 Å². The van der Waals surface area contributed by atoms with Crippen LogP contribution in [0.4, 0.5) is 5.69 Å². The summed E-state index contributed by atoms with van der Waals surface area (Å²) in [6.45, 7) is 1.95. The molecule has 3 aromatic rings. The third kappa shape index (κ3) is 4.67. The highest BCUT2D eigenvalue weighted by Gasteiger charge is 2.24. The molecule has 9 heteroatoms. The number of hydrogen-bond acceptors (Lipinski definition) is 5. The Kier molecular flexibility index (Phi) is 6.84. The van der Waals surface area contributed by atoms with E-state index in [-0.39, 0.29) is 19.1 Å². The molecule has 0 unspecified atom stereocenters. The van der Waals surface area contributed by atoms with E-state index in [2.05, 4.69) is 5.32 Å². The predicted molar refractivity (Wildman–Crippen MR) is 123 cm³/mol. The Morgan fingerprint density at radius 2 is 1.84 bits per heavy atom. The molecule has 1 aliphatic carbocycles. The average Bonchev–Trinajstić information content (AvgIpc) is 3.43. The molecule has 0 radical (unpaired) electrons. The lowest BCUT2D eigenvalue weighted by molar-refractivity contribution is -0.116. The summed E-state index contributed by atoms with van der Waals surface area (Å²) in [6, 6.07) is 10.7. The zero-order valence-corrected chi connectivity index (χ0v) is 18.9. The molecule has 1 amide bonds. The van der Waals surface area contributed by atoms with Gasteiger partial charge in [-0.1, -0.05) is 31.4 Å². The standard InChI is InChI=1S/C23H27N5O3S/c1-2-31-22(30)18-12-6-7-13-19(18)24-20(29)16-27-23(32)28(26-14-8-9-15-26)21(25-27)17-10-4-3-5-11-17/h6-9,12-15,17H,2-5,10-11,16H2,1H3,(H,24,29). The smallest absolute Gasteiger partial charge is 0.340 e. The third-order valence-electron chi connectivity index (χ3n) is 5.62. The van der Waals surface area contributed by atoms with Gasteiger partial charge in [-0.15, -0.1) is 0 Å². The number of nitrogens with one attached hydrogen (secondary N) is 1. The number of rotatable bonds is 7. The highest BCUT2D eigenvalue weighted by atomic mass is 32.1. The molecule has 1 N–H and O–H groups in total. The molecule has 168 valence electrons. The molecular weight excluding hydrogens is 426 g/mol. The fourth-order valence-corrected chi connectivity index (χ4v) is 4.41. The van der Waals surface area contributed by atoms with E-state index < -0.39 is 5.97 Å². The summed E-state index contributed by atoms with van der Waals surface area (Å²) in [5.74, 6) is 0.397. The fourth-order valence-electron chi connectivity index (χ4n) is 4.12. The molecule has 0 spiro atoms. The number of amides is 1. The second-order valence-corrected chi connectivity index (χ2v) is 8.19. The number of hydrogen-bond donors (Lipinski definition) is 1. The molecule has 0 saturated heterocycles. The Morgan fingerprint density at radius 1 is 1.12 bits per heavy atom. The van der Waals surface area contributed by atoms with Crippen LogP contribution in [-0.4, -0.2) is 37.6 Å². The van der Waals surface area contributed by atoms with Crippen molar-refractivity contribution in [2.45, 2.75) is 51.5 Å². The lowest BCUT2D eigenvalue weighted by Gasteiger charge is -2.21. The first-order chi connectivity index (χ1) is 15.6. The molecular formula is C23H27N5O3S. The van der Waals surface area contributed by atoms with Gasteiger partial charge in [0.25, 0.3) is 0 Å². The molecule has 1 aliphatic rings. The van der Waals surface area contributed by atoms with Crippen molar-refractivity contribution in [2.75, 3.05) is 11.9 Å². The van der Waals surface area contributed by atoms with Crippen LogP contribution in [0.25, 0.3) is 0 Å². The van der Waals surface area contributed by atoms with Crippen LogP contribution in [-0.2, 0) is 16.1 Å². The van der Waals surface area contributed by atoms with Gasteiger partial charge in [0.1, 0.15) is 6.54 Å². The average molecular weight is 454 g/mol. The molecule has 2 aromatic heterocycles. The molecule has 1 fully saturated rings. The Balaban J connectivity index is 1.59. The van der Waals surface area contributed by atoms with Crippen molar-refractivity contribution in [3.8, 4) is 0 Å². The van der Waals surface area contributed by atoms with E-state index in [1.54, 1.807) is 35.9 Å². The Morgan fingerprint density at radius 3 is 2.56 bits per heavy atom. The van der Waals surface area contributed by atoms with Crippen molar-refractivity contribution >= 4 is 29.8 Å². The second kappa shape index (κ2) is 9.95. The van der Waals surface area contributed by atoms with Crippen molar-refractivity contribution in [1.82, 2.24) is 19.1 Å². The van der Waals surface area contributed by atoms with Crippen LogP contribution in [0, 0.1) is 4.77 Å². The third-order valence-corrected chi connectivity index (χ3v) is 6.01. The summed E-state index contributed by atoms with van der Waals surface area (Å²) in [5.41, 5.74) is 0.715. The number of ether oxygens (including phenoxy) is 1. The van der Waals surface area contributed by atoms with Crippen LogP contribution < -0.4 is 5.32 Å². The summed E-state index contributed by atoms with van der Waals surface area (Å²) in [7, 11) is 0. The molecule has 0 atom stereocenters. The van der Waals surface area contributed by atoms with Crippen molar-refractivity contribution in [1.29, 1.82) is 0 Å². The van der Waals surface area contributed by atoms with Gasteiger partial charge in [0.05, 0.1) is 17.9 Å². The molecule has 32 heavy (non-hydrogen) atoms. The quantitative estimate of drug-likeness (QED) is 0.424. The Hall–Kier alpha value is -3.20. The second-order valence-electron chi connectivity index (χ2n) is 7.82. The van der Waals surface area contributed by atoms with Crippen molar-refractivity contribution in [3.05, 3.63) is 65.0 Å². The van der Waals surface area contributed by atoms with Gasteiger partial charge in [-0.05, 0) is 56.2 Å². The first-order valence-electron chi connectivity index (χ1n) is 11.0. The van der Waals surface area contributed by atoms with Gasteiger partial charge >= 0.3 is 5.97 Å². The minimum Gasteiger partial charge on any atom is -0.462 e. The van der Waals surface area contributed by atoms with E-state index in [0.717, 1.165) is 18.7 Å². The van der Waals surface area contributed by atoms with E-state index in [0.29, 0.717) is 21.9 Å². The predicted octanol–water partition coefficient (Wildman–Crippen LogP) is 4.39. The number of esters is 1. The van der Waals surface area contributed by atoms with Gasteiger partial charge in [-0.3, -0.25) is 9.47 Å². The monoisotopic (exact) mass is 453 g/mol. The van der Waals surface area contributed by atoms with E-state index in [9.17, 15) is 9.59 Å². The largest absolute Gasteiger partial charge is 0.462 e. The summed E-state index contributed by atoms with van der Waals surface area (Å²) < 4.78 is 10.9. The number of anilines is 1. The lowest BCUT2D eigenvalue weighted by Crippen LogP contribution is -2.21. The summed E-state index contributed by atoms with van der Waals surface area (Å²) in [5, 5.41) is 7.57. The molecule has 1 aromatic carbocycles. The minimum atomic E-state index is -0.475. The summed E-state index contributed by atoms with van der Waals surface area (Å²) in [6.07, 6.45) is 9.54. The number of nitrogens with zero attached hydrogens (tertiary/aromatic N) is 4. The first-order valence-corrected chi connectivity index (χ1v) is 11.4. The maximum atomic E-state index is 12.9. The summed E-state index contributed by atoms with van der Waals surface area (Å²) >= 11 is 5.70. The topological polar surface area (TPSA) is 83.1 Å². The number of para-hydroxylation sites is 1. The van der Waals surface area contributed by atoms with Crippen LogP contribution in [0.3, 0.4) is 0 Å². The molecule has 1 saturated carbocycles. The van der Waals surface area contributed by atoms with Gasteiger partial charge in [0.2, 0.25) is 10.7 Å². The van der Waals surface area contributed by atoms with E-state index in [1.165, 1.54) is 19.3 Å². The highest BCUT2D eigenvalue weighted by Crippen LogP contribution is 2.32. The fraction of sp³-hybridized carbons (Fsp3) is 0.391. The highest BCUT2D eigenvalue weighted by molar-refractivity contribution is 7.71. The SMILES string of the molecule is CCOC(=O)c1ccccc1NC(=O)Cn1nc(C2CCCCC2)n(-n2cccc2)c1=S. The van der Waals surface area contributed by atoms with Crippen LogP contribution in [0.5, 0.6) is 0 Å². The normalized spacial score (nSPS) is 14.3. The van der Waals surface area contributed by atoms with Gasteiger partial charge in [-0.2, -0.15) is 5.10 Å². The van der Waals surface area contributed by atoms with Crippen LogP contribution in [0.1, 0.15) is 61.1 Å². The Bertz CT molecular complexity index is 1140. The van der Waals surface area contributed by atoms with Crippen LogP contribution >= 0.6 is 12.2 Å². The number of benzene rings is 1. The van der Waals surface area contributed by atoms with Gasteiger partial charge < -0.3 is 10.1 Å². The minimum absolute atomic E-state index is 0.0516. The van der Waals surface area contributed by atoms with E-state index in [4.69, 9.17) is 22.1 Å². The molecule has 2 heterocycles. The maximum Gasteiger partial charge on any atom is 0.340 e. The van der Waals surface area contributed by atoms with Crippen LogP contribution in [0.2, 0.25) is 0 Å². The van der Waals surface area contributed by atoms with E-state index >= 15 is 0 Å². The van der Waals surface area contributed by atoms with E-state index in [1.807, 2.05) is 33.9 Å². The molecule has 0 bridgehead atoms. The van der Waals surface area contributed by atoms with Gasteiger partial charge in [0, 0.05) is 18.3 Å². The first kappa shape index (κ1) is 22.0. The number of carbonyl (C=O) groups excluding carboxylic acids is 2. The molecule has 4 rings (SSSR count). The molecule has 0 aliphatic heterocycles. The van der Waals surface area contributed by atoms with Crippen LogP contribution in [0.15, 0.2) is 48.8 Å². The zero-order valence-electron chi connectivity index (χ0n) is 18.1. The molecule has 8 nitrogen and oxygen atoms in total. The lowest BCUT2D eigenvalue weighted by atomic mass is 9.89. The number of carbonyl (C=O) groups is 2. The van der Waals surface area contributed by atoms with Crippen molar-refractivity contribution in [2.24, 2.45) is 0 Å². The summed E-state index contributed by atoms with van der Waals surface area (Å²) in [4.78, 5) is 25.1. The zero-order chi connectivity index (χ0) is 22.5. The van der Waals surface area contributed by atoms with Gasteiger partial charge in [0.15, 0.2) is 5.82 Å². The maximum absolute atomic E-state index is 12.9. The number of aromatic nitrogens is 4. The van der Waals surface area contributed by atoms with Gasteiger partial charge in [-0.25, -0.2) is 14.2 Å². The van der Waals surface area contributed by atoms with Crippen molar-refractivity contribution in [3.63, 3.8) is 0 Å².